The summed E-state index contributed by atoms with van der Waals surface area (Å²) in [4.78, 5) is 14.2. The van der Waals surface area contributed by atoms with E-state index in [9.17, 15) is 13.2 Å². The number of hydrogen-bond donors (Lipinski definition) is 0. The van der Waals surface area contributed by atoms with Gasteiger partial charge in [0.1, 0.15) is 5.60 Å². The molecule has 6 nitrogen and oxygen atoms in total. The molecule has 0 aliphatic carbocycles. The van der Waals surface area contributed by atoms with E-state index in [1.54, 1.807) is 18.0 Å². The van der Waals surface area contributed by atoms with E-state index in [4.69, 9.17) is 4.74 Å². The third-order valence-corrected chi connectivity index (χ3v) is 6.78. The van der Waals surface area contributed by atoms with Crippen molar-refractivity contribution in [1.82, 2.24) is 9.21 Å². The van der Waals surface area contributed by atoms with E-state index in [0.717, 1.165) is 24.0 Å². The van der Waals surface area contributed by atoms with Gasteiger partial charge in [-0.15, -0.1) is 0 Å². The maximum absolute atomic E-state index is 12.9. The van der Waals surface area contributed by atoms with Gasteiger partial charge in [0.25, 0.3) is 0 Å². The minimum atomic E-state index is -3.51. The first-order valence-corrected chi connectivity index (χ1v) is 10.9. The predicted molar refractivity (Wildman–Crippen MR) is 106 cm³/mol. The van der Waals surface area contributed by atoms with Crippen LogP contribution in [0.1, 0.15) is 44.7 Å². The monoisotopic (exact) mass is 396 g/mol. The van der Waals surface area contributed by atoms with E-state index in [0.29, 0.717) is 24.5 Å². The van der Waals surface area contributed by atoms with Gasteiger partial charge in [0.15, 0.2) is 0 Å². The van der Waals surface area contributed by atoms with E-state index in [2.05, 4.69) is 0 Å². The van der Waals surface area contributed by atoms with Crippen molar-refractivity contribution in [1.29, 1.82) is 0 Å². The molecule has 1 saturated heterocycles. The van der Waals surface area contributed by atoms with Gasteiger partial charge < -0.3 is 9.64 Å². The van der Waals surface area contributed by atoms with Crippen molar-refractivity contribution in [2.75, 3.05) is 26.7 Å². The Labute approximate surface area is 163 Å². The van der Waals surface area contributed by atoms with Crippen LogP contribution in [0.3, 0.4) is 0 Å². The van der Waals surface area contributed by atoms with Gasteiger partial charge in [0.2, 0.25) is 10.0 Å². The molecule has 1 aliphatic heterocycles. The zero-order valence-corrected chi connectivity index (χ0v) is 18.1. The van der Waals surface area contributed by atoms with E-state index in [1.807, 2.05) is 46.8 Å². The topological polar surface area (TPSA) is 66.9 Å². The lowest BCUT2D eigenvalue weighted by Gasteiger charge is -2.34. The first-order valence-electron chi connectivity index (χ1n) is 9.41. The Bertz CT molecular complexity index is 776. The summed E-state index contributed by atoms with van der Waals surface area (Å²) >= 11 is 0. The van der Waals surface area contributed by atoms with Crippen LogP contribution in [0, 0.1) is 19.8 Å². The van der Waals surface area contributed by atoms with Gasteiger partial charge in [-0.3, -0.25) is 0 Å². The summed E-state index contributed by atoms with van der Waals surface area (Å²) in [6.07, 6.45) is 1.25. The molecule has 1 amide bonds. The largest absolute Gasteiger partial charge is 0.444 e. The van der Waals surface area contributed by atoms with Crippen LogP contribution in [0.5, 0.6) is 0 Å². The maximum atomic E-state index is 12.9. The zero-order valence-electron chi connectivity index (χ0n) is 17.3. The molecule has 1 heterocycles. The number of benzene rings is 1. The van der Waals surface area contributed by atoms with Crippen LogP contribution in [-0.2, 0) is 14.8 Å². The smallest absolute Gasteiger partial charge is 0.410 e. The van der Waals surface area contributed by atoms with Crippen molar-refractivity contribution in [2.24, 2.45) is 5.92 Å². The van der Waals surface area contributed by atoms with Gasteiger partial charge in [0.05, 0.1) is 4.90 Å². The number of rotatable bonds is 4. The minimum absolute atomic E-state index is 0.231. The van der Waals surface area contributed by atoms with Crippen molar-refractivity contribution < 1.29 is 17.9 Å². The highest BCUT2D eigenvalue weighted by atomic mass is 32.2. The highest BCUT2D eigenvalue weighted by Crippen LogP contribution is 2.24. The number of piperidine rings is 1. The van der Waals surface area contributed by atoms with Crippen LogP contribution >= 0.6 is 0 Å². The van der Waals surface area contributed by atoms with E-state index in [-0.39, 0.29) is 12.0 Å². The Morgan fingerprint density at radius 2 is 1.81 bits per heavy atom. The Balaban J connectivity index is 1.95. The molecule has 27 heavy (non-hydrogen) atoms. The summed E-state index contributed by atoms with van der Waals surface area (Å²) in [6.45, 7) is 11.0. The van der Waals surface area contributed by atoms with Crippen LogP contribution in [0.4, 0.5) is 4.79 Å². The molecule has 1 aromatic carbocycles. The van der Waals surface area contributed by atoms with Gasteiger partial charge in [-0.25, -0.2) is 17.5 Å². The fourth-order valence-corrected chi connectivity index (χ4v) is 4.79. The van der Waals surface area contributed by atoms with Crippen molar-refractivity contribution in [3.63, 3.8) is 0 Å². The maximum Gasteiger partial charge on any atom is 0.410 e. The normalized spacial score (nSPS) is 16.6. The number of hydrogen-bond acceptors (Lipinski definition) is 4. The van der Waals surface area contributed by atoms with Crippen LogP contribution in [0.2, 0.25) is 0 Å². The minimum Gasteiger partial charge on any atom is -0.444 e. The lowest BCUT2D eigenvalue weighted by atomic mass is 9.97. The fraction of sp³-hybridized carbons (Fsp3) is 0.650. The average molecular weight is 397 g/mol. The Morgan fingerprint density at radius 1 is 1.22 bits per heavy atom. The molecule has 0 spiro atoms. The van der Waals surface area contributed by atoms with Gasteiger partial charge in [0, 0.05) is 26.7 Å². The van der Waals surface area contributed by atoms with Crippen LogP contribution in [0.15, 0.2) is 23.1 Å². The summed E-state index contributed by atoms with van der Waals surface area (Å²) < 4.78 is 32.7. The number of likely N-dealkylation sites (tertiary alicyclic amines) is 1. The number of nitrogens with zero attached hydrogens (tertiary/aromatic N) is 2. The number of ether oxygens (including phenoxy) is 1. The molecular weight excluding hydrogens is 364 g/mol. The third kappa shape index (κ3) is 5.69. The molecule has 1 aliphatic rings. The molecule has 0 bridgehead atoms. The Kier molecular flexibility index (Phi) is 6.58. The molecule has 0 atom stereocenters. The van der Waals surface area contributed by atoms with Crippen LogP contribution in [-0.4, -0.2) is 56.0 Å². The van der Waals surface area contributed by atoms with E-state index >= 15 is 0 Å². The summed E-state index contributed by atoms with van der Waals surface area (Å²) in [5, 5.41) is 0. The van der Waals surface area contributed by atoms with Crippen molar-refractivity contribution in [2.45, 2.75) is 58.0 Å². The molecule has 0 unspecified atom stereocenters. The van der Waals surface area contributed by atoms with Gasteiger partial charge in [-0.05, 0) is 65.0 Å². The second kappa shape index (κ2) is 8.19. The first-order chi connectivity index (χ1) is 12.4. The molecule has 0 N–H and O–H groups in total. The third-order valence-electron chi connectivity index (χ3n) is 4.80. The van der Waals surface area contributed by atoms with Crippen molar-refractivity contribution in [3.8, 4) is 0 Å². The summed E-state index contributed by atoms with van der Waals surface area (Å²) in [5.74, 6) is 0.231. The number of amides is 1. The molecule has 1 aromatic rings. The van der Waals surface area contributed by atoms with E-state index in [1.165, 1.54) is 4.31 Å². The SMILES string of the molecule is Cc1ccc(S(=O)(=O)N(C)CC2CCN(C(=O)OC(C)(C)C)CC2)c(C)c1. The lowest BCUT2D eigenvalue weighted by Crippen LogP contribution is -2.44. The molecule has 2 rings (SSSR count). The first kappa shape index (κ1) is 21.7. The highest BCUT2D eigenvalue weighted by Gasteiger charge is 2.30. The standard InChI is InChI=1S/C20H32N2O4S/c1-15-7-8-18(16(2)13-15)27(24,25)21(6)14-17-9-11-22(12-10-17)19(23)26-20(3,4)5/h7-8,13,17H,9-12,14H2,1-6H3. The molecule has 0 aromatic heterocycles. The number of aryl methyl sites for hydroxylation is 2. The molecule has 1 fully saturated rings. The second-order valence-corrected chi connectivity index (χ2v) is 10.5. The predicted octanol–water partition coefficient (Wildman–Crippen LogP) is 3.57. The molecule has 152 valence electrons. The molecule has 0 saturated carbocycles. The van der Waals surface area contributed by atoms with Gasteiger partial charge >= 0.3 is 6.09 Å². The summed E-state index contributed by atoms with van der Waals surface area (Å²) in [6, 6.07) is 5.40. The molecular formula is C20H32N2O4S. The highest BCUT2D eigenvalue weighted by molar-refractivity contribution is 7.89. The van der Waals surface area contributed by atoms with Crippen molar-refractivity contribution >= 4 is 16.1 Å². The number of carbonyl (C=O) groups is 1. The number of carbonyl (C=O) groups excluding carboxylic acids is 1. The quantitative estimate of drug-likeness (QED) is 0.780. The van der Waals surface area contributed by atoms with Gasteiger partial charge in [-0.2, -0.15) is 0 Å². The average Bonchev–Trinajstić information content (AvgIpc) is 2.53. The fourth-order valence-electron chi connectivity index (χ4n) is 3.34. The molecule has 0 radical (unpaired) electrons. The number of sulfonamides is 1. The van der Waals surface area contributed by atoms with E-state index < -0.39 is 15.6 Å². The second-order valence-electron chi connectivity index (χ2n) is 8.47. The van der Waals surface area contributed by atoms with Crippen LogP contribution in [0.25, 0.3) is 0 Å². The van der Waals surface area contributed by atoms with Gasteiger partial charge in [-0.1, -0.05) is 17.7 Å². The Morgan fingerprint density at radius 3 is 2.33 bits per heavy atom. The summed E-state index contributed by atoms with van der Waals surface area (Å²) in [7, 11) is -1.88. The molecule has 7 heteroatoms. The van der Waals surface area contributed by atoms with Crippen LogP contribution < -0.4 is 0 Å². The Hall–Kier alpha value is -1.60. The summed E-state index contributed by atoms with van der Waals surface area (Å²) in [5.41, 5.74) is 1.30. The zero-order chi connectivity index (χ0) is 20.4. The van der Waals surface area contributed by atoms with Crippen molar-refractivity contribution in [3.05, 3.63) is 29.3 Å². The lowest BCUT2D eigenvalue weighted by molar-refractivity contribution is 0.0179.